The van der Waals surface area contributed by atoms with Gasteiger partial charge in [-0.3, -0.25) is 14.4 Å². The Labute approximate surface area is 688 Å². The Morgan fingerprint density at radius 2 is 0.832 bits per heavy atom. The van der Waals surface area contributed by atoms with Crippen LogP contribution < -0.4 is 0 Å². The van der Waals surface area contributed by atoms with Crippen LogP contribution in [0.2, 0.25) is 0 Å². The van der Waals surface area contributed by atoms with Crippen molar-refractivity contribution in [1.29, 1.82) is 0 Å². The van der Waals surface area contributed by atoms with Gasteiger partial charge in [-0.2, -0.15) is 0 Å². The zero-order valence-electron chi connectivity index (χ0n) is 63.2. The predicted molar refractivity (Wildman–Crippen MR) is 435 cm³/mol. The molecule has 0 spiro atoms. The molecule has 0 unspecified atom stereocenters. The Kier molecular flexibility index (Phi) is 32.5. The van der Waals surface area contributed by atoms with Crippen molar-refractivity contribution in [2.75, 3.05) is 0 Å². The van der Waals surface area contributed by atoms with Crippen LogP contribution in [0.4, 0.5) is 0 Å². The molecule has 0 aliphatic rings. The number of rotatable bonds is 9. The number of ketones is 3. The molecular weight excluding hydrogens is 2060 g/mol. The van der Waals surface area contributed by atoms with Gasteiger partial charge in [-0.05, 0) is 41.5 Å². The molecule has 0 saturated carbocycles. The number of carbonyl (C=O) groups excluding carboxylic acids is 3. The third-order valence-electron chi connectivity index (χ3n) is 16.4. The molecule has 3 radical (unpaired) electrons. The third-order valence-corrected chi connectivity index (χ3v) is 23.4. The van der Waals surface area contributed by atoms with Gasteiger partial charge in [-0.25, -0.2) is 0 Å². The molecular formula is C91H88Ir3N3O7Se3-3. The minimum atomic E-state index is -0.125. The molecule has 7 aromatic carbocycles. The molecule has 0 bridgehead atoms. The number of nitrogens with zero attached hydrogens (tertiary/aromatic N) is 3. The number of carbonyl (C=O) groups is 3. The van der Waals surface area contributed by atoms with Gasteiger partial charge in [0.1, 0.15) is 0 Å². The van der Waals surface area contributed by atoms with Crippen molar-refractivity contribution in [1.82, 2.24) is 15.0 Å². The molecule has 0 amide bonds. The van der Waals surface area contributed by atoms with Crippen molar-refractivity contribution in [2.24, 2.45) is 0 Å². The van der Waals surface area contributed by atoms with Crippen molar-refractivity contribution >= 4 is 112 Å². The van der Waals surface area contributed by atoms with Gasteiger partial charge in [0.2, 0.25) is 0 Å². The SMILES string of the molecule is CC(=O)C=C(C)O.CC(=O)C=C(C)O.CC(=O)C=C(C)O.Cc1[c-]c(-c2cc3cc(-c4c(C)cc(C(C)(C)C)cc4C)[se]c3cn2)cc(C(C)(C)C)c1.Cc1[c-]c(-c2cc3cc(-c4ccccc4)[se]c3cn2)cc(C)c1.[Ir].[Ir].[Ir].[c-]1ccc2c(oc3ccccc32)c1-c1cc2cc(-c3ccccc3)[se]c2cn1. The Morgan fingerprint density at radius 3 is 1.26 bits per heavy atom. The van der Waals surface area contributed by atoms with Crippen LogP contribution in [-0.2, 0) is 85.5 Å². The zero-order chi connectivity index (χ0) is 75.3. The number of aliphatic hydroxyl groups excluding tert-OH is 3. The van der Waals surface area contributed by atoms with Gasteiger partial charge in [0.25, 0.3) is 0 Å². The van der Waals surface area contributed by atoms with E-state index in [-0.39, 0.29) is 135 Å². The molecule has 557 valence electrons. The van der Waals surface area contributed by atoms with Crippen molar-refractivity contribution in [3.8, 4) is 63.8 Å². The Bertz CT molecular complexity index is 5420. The monoisotopic (exact) mass is 2150 g/mol. The number of hydrogen-bond donors (Lipinski definition) is 3. The fraction of sp³-hybridized carbons (Fsp3) is 0.209. The molecule has 3 N–H and O–H groups in total. The third kappa shape index (κ3) is 24.6. The van der Waals surface area contributed by atoms with E-state index < -0.39 is 0 Å². The number of aromatic nitrogens is 3. The van der Waals surface area contributed by atoms with E-state index in [2.05, 4.69) is 251 Å². The topological polar surface area (TPSA) is 164 Å². The first-order chi connectivity index (χ1) is 49.3. The van der Waals surface area contributed by atoms with Crippen LogP contribution in [0.5, 0.6) is 0 Å². The first kappa shape index (κ1) is 88.1. The number of furan rings is 1. The molecule has 7 aromatic heterocycles. The number of aliphatic hydroxyl groups is 3. The summed E-state index contributed by atoms with van der Waals surface area (Å²) in [6.45, 7) is 33.0. The van der Waals surface area contributed by atoms with Crippen molar-refractivity contribution in [3.05, 3.63) is 281 Å². The van der Waals surface area contributed by atoms with Gasteiger partial charge in [-0.1, -0.05) is 0 Å². The van der Waals surface area contributed by atoms with Crippen molar-refractivity contribution < 1.29 is 94.4 Å². The first-order valence-electron chi connectivity index (χ1n) is 34.2. The molecule has 7 heterocycles. The quantitative estimate of drug-likeness (QED) is 0.0548. The number of allylic oxidation sites excluding steroid dienone is 6. The van der Waals surface area contributed by atoms with Crippen LogP contribution >= 0.6 is 0 Å². The number of fused-ring (bicyclic) bond motifs is 6. The molecule has 16 heteroatoms. The Hall–Kier alpha value is -7.85. The maximum atomic E-state index is 10.0. The number of para-hydroxylation sites is 1. The average Bonchev–Trinajstić information content (AvgIpc) is 1.63. The van der Waals surface area contributed by atoms with Gasteiger partial charge in [0.15, 0.2) is 17.3 Å². The van der Waals surface area contributed by atoms with E-state index in [1.54, 1.807) is 0 Å². The van der Waals surface area contributed by atoms with Crippen molar-refractivity contribution in [2.45, 2.75) is 129 Å². The Morgan fingerprint density at radius 1 is 0.439 bits per heavy atom. The summed E-state index contributed by atoms with van der Waals surface area (Å²) in [7, 11) is 0. The van der Waals surface area contributed by atoms with Gasteiger partial charge in [0, 0.05) is 78.5 Å². The molecule has 14 aromatic rings. The van der Waals surface area contributed by atoms with Crippen LogP contribution in [0.1, 0.15) is 122 Å². The second-order valence-corrected chi connectivity index (χ2v) is 34.8. The van der Waals surface area contributed by atoms with Gasteiger partial charge in [-0.15, -0.1) is 0 Å². The van der Waals surface area contributed by atoms with E-state index in [4.69, 9.17) is 29.7 Å². The second-order valence-electron chi connectivity index (χ2n) is 28.0. The van der Waals surface area contributed by atoms with Crippen LogP contribution in [0.3, 0.4) is 0 Å². The van der Waals surface area contributed by atoms with Crippen LogP contribution in [0, 0.1) is 52.8 Å². The normalized spacial score (nSPS) is 11.4. The number of aryl methyl sites for hydroxylation is 5. The summed E-state index contributed by atoms with van der Waals surface area (Å²) in [5, 5.41) is 31.2. The molecule has 107 heavy (non-hydrogen) atoms. The fourth-order valence-electron chi connectivity index (χ4n) is 11.7. The van der Waals surface area contributed by atoms with Crippen LogP contribution in [0.15, 0.2) is 228 Å². The molecule has 0 aliphatic carbocycles. The molecule has 0 saturated heterocycles. The zero-order valence-corrected chi connectivity index (χ0v) is 75.5. The van der Waals surface area contributed by atoms with E-state index in [0.717, 1.165) is 61.3 Å². The first-order valence-corrected chi connectivity index (χ1v) is 39.3. The van der Waals surface area contributed by atoms with E-state index >= 15 is 0 Å². The van der Waals surface area contributed by atoms with Gasteiger partial charge < -0.3 is 15.3 Å². The van der Waals surface area contributed by atoms with E-state index in [1.807, 2.05) is 36.7 Å². The summed E-state index contributed by atoms with van der Waals surface area (Å²) in [5.74, 6) is -0.187. The van der Waals surface area contributed by atoms with Crippen LogP contribution in [0.25, 0.3) is 115 Å². The second kappa shape index (κ2) is 39.5. The number of hydrogen-bond acceptors (Lipinski definition) is 10. The summed E-state index contributed by atoms with van der Waals surface area (Å²) < 4.78 is 14.5. The molecule has 0 atom stereocenters. The maximum absolute atomic E-state index is 10.0. The van der Waals surface area contributed by atoms with Gasteiger partial charge in [0.05, 0.1) is 17.3 Å². The Balaban J connectivity index is 0.000000220. The van der Waals surface area contributed by atoms with E-state index in [0.29, 0.717) is 14.5 Å². The molecule has 10 nitrogen and oxygen atoms in total. The minimum absolute atomic E-state index is 0. The molecule has 14 rings (SSSR count). The fourth-order valence-corrected chi connectivity index (χ4v) is 18.5. The standard InChI is InChI=1S/C30H34NSe.C25H14NOSe.C21H16NSe.3C5H8O2.3Ir/c1-18-10-21(14-23(11-18)29(4,5)6)25-15-22-16-26(32-27(22)17-31-25)28-19(2)12-24(13-20(28)3)30(7,8)9;1-2-7-16(8-3-1)23-14-17-13-21(26-15-24(17)28-23)20-11-6-10-19-18-9-4-5-12-22(18)27-25(19)20;1-14-8-15(2)10-17(9-14)19-11-18-12-20(23-21(18)13-22-19)16-6-4-3-5-7-16;3*1-4(6)3-5(2)7;;;/h11-17H,1-9H3;1-10,12-15H;3-9,11-13H,1-2H3;3*3,6H,1-2H3;;;/q3*-1;;;;;;. The van der Waals surface area contributed by atoms with Crippen molar-refractivity contribution in [3.63, 3.8) is 0 Å². The predicted octanol–water partition coefficient (Wildman–Crippen LogP) is 22.4. The number of benzene rings is 7. The summed E-state index contributed by atoms with van der Waals surface area (Å²) in [6.07, 6.45) is 9.66. The van der Waals surface area contributed by atoms with Crippen LogP contribution in [-0.4, -0.2) is 91.1 Å². The summed E-state index contributed by atoms with van der Waals surface area (Å²) >= 11 is 0.915. The van der Waals surface area contributed by atoms with E-state index in [9.17, 15) is 14.4 Å². The average molecular weight is 2150 g/mol. The molecule has 0 aliphatic heterocycles. The molecule has 0 fully saturated rings. The summed E-state index contributed by atoms with van der Waals surface area (Å²) in [6, 6.07) is 70.9. The van der Waals surface area contributed by atoms with E-state index in [1.165, 1.54) is 152 Å². The summed E-state index contributed by atoms with van der Waals surface area (Å²) in [5.41, 5.74) is 21.2. The van der Waals surface area contributed by atoms with Gasteiger partial charge >= 0.3 is 510 Å². The summed E-state index contributed by atoms with van der Waals surface area (Å²) in [4.78, 5) is 44.4. The number of pyridine rings is 3.